The summed E-state index contributed by atoms with van der Waals surface area (Å²) in [5.41, 5.74) is 13.3. The Bertz CT molecular complexity index is 2910. The second-order valence-electron chi connectivity index (χ2n) is 14.8. The van der Waals surface area contributed by atoms with Gasteiger partial charge in [0.25, 0.3) is 0 Å². The molecule has 6 nitrogen and oxygen atoms in total. The molecule has 0 radical (unpaired) electrons. The van der Waals surface area contributed by atoms with Crippen LogP contribution in [0.1, 0.15) is 27.8 Å². The molecular weight excluding hydrogens is 685 g/mol. The molecular formula is C50H36N6. The van der Waals surface area contributed by atoms with Gasteiger partial charge in [0.05, 0.1) is 33.4 Å². The topological polar surface area (TPSA) is 72.3 Å². The van der Waals surface area contributed by atoms with Crippen LogP contribution < -0.4 is 0 Å². The fourth-order valence-electron chi connectivity index (χ4n) is 8.14. The number of rotatable bonds is 5. The predicted octanol–water partition coefficient (Wildman–Crippen LogP) is 12.2. The van der Waals surface area contributed by atoms with Crippen molar-refractivity contribution in [3.05, 3.63) is 173 Å². The number of hydrogen-bond acceptors (Lipinski definition) is 4. The van der Waals surface area contributed by atoms with E-state index in [0.717, 1.165) is 93.9 Å². The monoisotopic (exact) mass is 720 g/mol. The fraction of sp³-hybridized carbons (Fsp3) is 0.0800. The van der Waals surface area contributed by atoms with Crippen LogP contribution in [0.15, 0.2) is 146 Å². The van der Waals surface area contributed by atoms with Crippen LogP contribution in [0.5, 0.6) is 0 Å². The number of nitriles is 1. The van der Waals surface area contributed by atoms with Crippen molar-refractivity contribution in [2.45, 2.75) is 27.7 Å². The summed E-state index contributed by atoms with van der Waals surface area (Å²) in [5.74, 6) is 1.67. The van der Waals surface area contributed by atoms with Gasteiger partial charge in [-0.05, 0) is 86.3 Å². The van der Waals surface area contributed by atoms with Crippen LogP contribution in [0.4, 0.5) is 0 Å². The van der Waals surface area contributed by atoms with E-state index in [0.29, 0.717) is 23.0 Å². The van der Waals surface area contributed by atoms with Gasteiger partial charge in [-0.3, -0.25) is 0 Å². The number of benzene rings is 7. The van der Waals surface area contributed by atoms with Gasteiger partial charge in [-0.2, -0.15) is 5.26 Å². The van der Waals surface area contributed by atoms with Gasteiger partial charge >= 0.3 is 0 Å². The Morgan fingerprint density at radius 3 is 1.04 bits per heavy atom. The molecule has 3 heterocycles. The van der Waals surface area contributed by atoms with Crippen LogP contribution in [-0.2, 0) is 0 Å². The lowest BCUT2D eigenvalue weighted by Crippen LogP contribution is -2.07. The molecule has 10 rings (SSSR count). The van der Waals surface area contributed by atoms with E-state index < -0.39 is 0 Å². The number of aryl methyl sites for hydroxylation is 4. The zero-order valence-corrected chi connectivity index (χ0v) is 31.5. The third kappa shape index (κ3) is 5.36. The highest BCUT2D eigenvalue weighted by Gasteiger charge is 2.24. The van der Waals surface area contributed by atoms with Crippen molar-refractivity contribution in [3.63, 3.8) is 0 Å². The van der Waals surface area contributed by atoms with Crippen molar-refractivity contribution in [2.75, 3.05) is 0 Å². The minimum absolute atomic E-state index is 0.519. The Morgan fingerprint density at radius 1 is 0.393 bits per heavy atom. The van der Waals surface area contributed by atoms with Crippen molar-refractivity contribution in [3.8, 4) is 51.6 Å². The molecule has 0 saturated carbocycles. The Kier molecular flexibility index (Phi) is 7.65. The third-order valence-corrected chi connectivity index (χ3v) is 10.8. The quantitative estimate of drug-likeness (QED) is 0.177. The standard InChI is InChI=1S/C50H36N6/c1-30-15-19-37-38-20-16-31(2)24-43(38)55(42(37)23-30)46-27-36(50-53-48(34-11-7-5-8-12-34)52-49(54-50)35-13-9-6-10-14-35)28-47(41(46)29-51)56-44-25-32(3)17-21-39(44)40-22-18-33(4)26-45(40)56/h5-28H,1-4H3. The lowest BCUT2D eigenvalue weighted by atomic mass is 10.0. The maximum Gasteiger partial charge on any atom is 0.164 e. The van der Waals surface area contributed by atoms with Gasteiger partial charge in [0.2, 0.25) is 0 Å². The highest BCUT2D eigenvalue weighted by Crippen LogP contribution is 2.41. The molecule has 0 unspecified atom stereocenters. The van der Waals surface area contributed by atoms with Crippen LogP contribution in [0.25, 0.3) is 89.2 Å². The second kappa shape index (κ2) is 12.9. The van der Waals surface area contributed by atoms with E-state index in [1.54, 1.807) is 0 Å². The third-order valence-electron chi connectivity index (χ3n) is 10.8. The maximum absolute atomic E-state index is 11.4. The first-order valence-corrected chi connectivity index (χ1v) is 18.8. The van der Waals surface area contributed by atoms with E-state index in [-0.39, 0.29) is 0 Å². The SMILES string of the molecule is Cc1ccc2c3ccc(C)cc3n(-c3cc(-c4nc(-c5ccccc5)nc(-c5ccccc5)n4)cc(-n4c5cc(C)ccc5c5ccc(C)cc54)c3C#N)c2c1. The molecule has 0 N–H and O–H groups in total. The van der Waals surface area contributed by atoms with Gasteiger partial charge in [0.1, 0.15) is 11.6 Å². The summed E-state index contributed by atoms with van der Waals surface area (Å²) in [6.45, 7) is 8.46. The Balaban J connectivity index is 1.38. The van der Waals surface area contributed by atoms with Crippen LogP contribution in [0, 0.1) is 39.0 Å². The van der Waals surface area contributed by atoms with Crippen LogP contribution in [-0.4, -0.2) is 24.1 Å². The van der Waals surface area contributed by atoms with Crippen molar-refractivity contribution in [2.24, 2.45) is 0 Å². The zero-order valence-electron chi connectivity index (χ0n) is 31.5. The van der Waals surface area contributed by atoms with Gasteiger partial charge in [-0.25, -0.2) is 15.0 Å². The average molecular weight is 721 g/mol. The average Bonchev–Trinajstić information content (AvgIpc) is 3.70. The predicted molar refractivity (Wildman–Crippen MR) is 228 cm³/mol. The molecule has 0 aliphatic carbocycles. The number of fused-ring (bicyclic) bond motifs is 6. The first kappa shape index (κ1) is 33.2. The fourth-order valence-corrected chi connectivity index (χ4v) is 8.14. The molecule has 7 aromatic carbocycles. The van der Waals surface area contributed by atoms with Gasteiger partial charge in [0.15, 0.2) is 17.5 Å². The Hall–Kier alpha value is -7.36. The summed E-state index contributed by atoms with van der Waals surface area (Å²) in [4.78, 5) is 15.4. The van der Waals surface area contributed by atoms with E-state index in [2.05, 4.69) is 128 Å². The summed E-state index contributed by atoms with van der Waals surface area (Å²) in [5, 5.41) is 15.9. The lowest BCUT2D eigenvalue weighted by molar-refractivity contribution is 1.06. The minimum atomic E-state index is 0.519. The number of aromatic nitrogens is 5. The first-order chi connectivity index (χ1) is 27.3. The molecule has 6 heteroatoms. The molecule has 266 valence electrons. The van der Waals surface area contributed by atoms with E-state index >= 15 is 0 Å². The minimum Gasteiger partial charge on any atom is -0.308 e. The molecule has 0 bridgehead atoms. The summed E-state index contributed by atoms with van der Waals surface area (Å²) in [6.07, 6.45) is 0. The highest BCUT2D eigenvalue weighted by molar-refractivity contribution is 6.11. The molecule has 56 heavy (non-hydrogen) atoms. The number of hydrogen-bond donors (Lipinski definition) is 0. The normalized spacial score (nSPS) is 11.6. The highest BCUT2D eigenvalue weighted by atomic mass is 15.1. The van der Waals surface area contributed by atoms with Crippen molar-refractivity contribution < 1.29 is 0 Å². The summed E-state index contributed by atoms with van der Waals surface area (Å²) < 4.78 is 4.52. The summed E-state index contributed by atoms with van der Waals surface area (Å²) >= 11 is 0. The van der Waals surface area contributed by atoms with Crippen LogP contribution >= 0.6 is 0 Å². The molecule has 0 saturated heterocycles. The molecule has 0 atom stereocenters. The lowest BCUT2D eigenvalue weighted by Gasteiger charge is -2.18. The molecule has 0 spiro atoms. The van der Waals surface area contributed by atoms with Crippen LogP contribution in [0.3, 0.4) is 0 Å². The largest absolute Gasteiger partial charge is 0.308 e. The number of nitrogens with zero attached hydrogens (tertiary/aromatic N) is 6. The Labute approximate surface area is 324 Å². The molecule has 0 amide bonds. The molecule has 0 aliphatic rings. The first-order valence-electron chi connectivity index (χ1n) is 18.8. The Morgan fingerprint density at radius 2 is 0.714 bits per heavy atom. The van der Waals surface area contributed by atoms with Gasteiger partial charge in [0, 0.05) is 38.2 Å². The van der Waals surface area contributed by atoms with E-state index in [9.17, 15) is 5.26 Å². The molecule has 0 fully saturated rings. The van der Waals surface area contributed by atoms with E-state index in [1.165, 1.54) is 0 Å². The second-order valence-corrected chi connectivity index (χ2v) is 14.8. The van der Waals surface area contributed by atoms with E-state index in [1.807, 2.05) is 60.7 Å². The van der Waals surface area contributed by atoms with Gasteiger partial charge < -0.3 is 9.13 Å². The van der Waals surface area contributed by atoms with Crippen molar-refractivity contribution >= 4 is 43.6 Å². The van der Waals surface area contributed by atoms with Crippen molar-refractivity contribution in [1.82, 2.24) is 24.1 Å². The molecule has 10 aromatic rings. The van der Waals surface area contributed by atoms with Crippen molar-refractivity contribution in [1.29, 1.82) is 5.26 Å². The molecule has 0 aliphatic heterocycles. The molecule has 3 aromatic heterocycles. The smallest absolute Gasteiger partial charge is 0.164 e. The summed E-state index contributed by atoms with van der Waals surface area (Å²) in [6, 6.07) is 53.2. The maximum atomic E-state index is 11.4. The van der Waals surface area contributed by atoms with Crippen LogP contribution in [0.2, 0.25) is 0 Å². The zero-order chi connectivity index (χ0) is 38.1. The summed E-state index contributed by atoms with van der Waals surface area (Å²) in [7, 11) is 0. The van der Waals surface area contributed by atoms with E-state index in [4.69, 9.17) is 15.0 Å². The van der Waals surface area contributed by atoms with Gasteiger partial charge in [-0.15, -0.1) is 0 Å². The van der Waals surface area contributed by atoms with Gasteiger partial charge in [-0.1, -0.05) is 109 Å².